The number of anilines is 2. The van der Waals surface area contributed by atoms with E-state index in [9.17, 15) is 14.4 Å². The van der Waals surface area contributed by atoms with Gasteiger partial charge in [0.05, 0.1) is 5.92 Å². The molecule has 3 amide bonds. The Bertz CT molecular complexity index is 924. The van der Waals surface area contributed by atoms with E-state index in [1.54, 1.807) is 28.3 Å². The number of nitrogens with one attached hydrogen (secondary N) is 1. The Morgan fingerprint density at radius 3 is 2.37 bits per heavy atom. The van der Waals surface area contributed by atoms with Crippen molar-refractivity contribution in [3.63, 3.8) is 0 Å². The summed E-state index contributed by atoms with van der Waals surface area (Å²) >= 11 is 0. The van der Waals surface area contributed by atoms with Crippen molar-refractivity contribution in [2.24, 2.45) is 11.8 Å². The maximum Gasteiger partial charge on any atom is 0.229 e. The molecule has 1 atom stereocenters. The number of aromatic nitrogens is 2. The summed E-state index contributed by atoms with van der Waals surface area (Å²) in [7, 11) is 0. The first-order valence-electron chi connectivity index (χ1n) is 10.2. The highest BCUT2D eigenvalue weighted by molar-refractivity contribution is 6.00. The van der Waals surface area contributed by atoms with E-state index in [2.05, 4.69) is 15.3 Å². The van der Waals surface area contributed by atoms with Gasteiger partial charge in [-0.25, -0.2) is 9.97 Å². The fourth-order valence-corrected chi connectivity index (χ4v) is 4.04. The zero-order valence-corrected chi connectivity index (χ0v) is 17.0. The minimum Gasteiger partial charge on any atom is -0.342 e. The maximum absolute atomic E-state index is 13.0. The van der Waals surface area contributed by atoms with Gasteiger partial charge in [-0.15, -0.1) is 0 Å². The Hall–Kier alpha value is -3.29. The van der Waals surface area contributed by atoms with Crippen LogP contribution in [0.5, 0.6) is 0 Å². The first-order valence-corrected chi connectivity index (χ1v) is 10.2. The summed E-state index contributed by atoms with van der Waals surface area (Å²) in [4.78, 5) is 49.4. The molecule has 2 aromatic rings. The smallest absolute Gasteiger partial charge is 0.229 e. The van der Waals surface area contributed by atoms with E-state index in [-0.39, 0.29) is 36.0 Å². The van der Waals surface area contributed by atoms with E-state index in [0.29, 0.717) is 38.4 Å². The third-order valence-corrected chi connectivity index (χ3v) is 5.80. The molecule has 8 nitrogen and oxygen atoms in total. The molecule has 2 fully saturated rings. The lowest BCUT2D eigenvalue weighted by Crippen LogP contribution is -2.44. The number of piperidine rings is 1. The highest BCUT2D eigenvalue weighted by Gasteiger charge is 2.38. The summed E-state index contributed by atoms with van der Waals surface area (Å²) in [6.45, 7) is 3.44. The molecule has 1 aromatic heterocycles. The van der Waals surface area contributed by atoms with Gasteiger partial charge >= 0.3 is 0 Å². The highest BCUT2D eigenvalue weighted by Crippen LogP contribution is 2.28. The monoisotopic (exact) mass is 407 g/mol. The Balaban J connectivity index is 1.30. The van der Waals surface area contributed by atoms with Crippen LogP contribution in [-0.4, -0.2) is 52.2 Å². The molecule has 156 valence electrons. The van der Waals surface area contributed by atoms with Gasteiger partial charge < -0.3 is 9.80 Å². The average Bonchev–Trinajstić information content (AvgIpc) is 3.16. The topological polar surface area (TPSA) is 95.5 Å². The number of hydrogen-bond donors (Lipinski definition) is 1. The van der Waals surface area contributed by atoms with E-state index in [1.807, 2.05) is 31.2 Å². The second kappa shape index (κ2) is 8.61. The zero-order valence-electron chi connectivity index (χ0n) is 17.0. The van der Waals surface area contributed by atoms with Gasteiger partial charge in [-0.1, -0.05) is 17.7 Å². The van der Waals surface area contributed by atoms with Crippen LogP contribution in [0.15, 0.2) is 42.7 Å². The third kappa shape index (κ3) is 4.32. The Kier molecular flexibility index (Phi) is 5.74. The largest absolute Gasteiger partial charge is 0.342 e. The summed E-state index contributed by atoms with van der Waals surface area (Å²) in [5, 5.41) is 2.73. The molecular formula is C22H25N5O3. The molecule has 1 aromatic carbocycles. The van der Waals surface area contributed by atoms with E-state index >= 15 is 0 Å². The number of nitrogens with zero attached hydrogens (tertiary/aromatic N) is 4. The number of carbonyl (C=O) groups is 3. The second-order valence-electron chi connectivity index (χ2n) is 7.90. The normalized spacial score (nSPS) is 19.8. The van der Waals surface area contributed by atoms with Crippen molar-refractivity contribution >= 4 is 29.4 Å². The molecule has 0 bridgehead atoms. The number of hydrogen-bond acceptors (Lipinski definition) is 5. The summed E-state index contributed by atoms with van der Waals surface area (Å²) in [6.07, 6.45) is 4.57. The van der Waals surface area contributed by atoms with Crippen molar-refractivity contribution < 1.29 is 14.4 Å². The second-order valence-corrected chi connectivity index (χ2v) is 7.90. The van der Waals surface area contributed by atoms with Crippen molar-refractivity contribution in [1.29, 1.82) is 0 Å². The number of likely N-dealkylation sites (tertiary alicyclic amines) is 1. The number of benzene rings is 1. The van der Waals surface area contributed by atoms with Crippen molar-refractivity contribution in [2.75, 3.05) is 29.9 Å². The number of aryl methyl sites for hydroxylation is 1. The summed E-state index contributed by atoms with van der Waals surface area (Å²) in [5.41, 5.74) is 1.96. The summed E-state index contributed by atoms with van der Waals surface area (Å²) in [6, 6.07) is 9.46. The maximum atomic E-state index is 13.0. The van der Waals surface area contributed by atoms with Crippen LogP contribution in [0.4, 0.5) is 11.6 Å². The molecule has 2 aliphatic rings. The lowest BCUT2D eigenvalue weighted by atomic mass is 9.94. The number of carbonyl (C=O) groups excluding carboxylic acids is 3. The minimum atomic E-state index is -0.332. The molecule has 0 aliphatic carbocycles. The number of rotatable bonds is 4. The fourth-order valence-electron chi connectivity index (χ4n) is 4.04. The van der Waals surface area contributed by atoms with Crippen LogP contribution in [0.2, 0.25) is 0 Å². The molecule has 2 saturated heterocycles. The van der Waals surface area contributed by atoms with Crippen LogP contribution in [0.3, 0.4) is 0 Å². The zero-order chi connectivity index (χ0) is 21.1. The molecule has 4 rings (SSSR count). The van der Waals surface area contributed by atoms with Gasteiger partial charge in [-0.3, -0.25) is 19.7 Å². The minimum absolute atomic E-state index is 0.00297. The SMILES string of the molecule is Cc1ccc(N2C[C@@H](C(=O)N3CCC(C(=O)Nc4ncccn4)CC3)CC2=O)cc1. The third-order valence-electron chi connectivity index (χ3n) is 5.80. The standard InChI is InChI=1S/C22H25N5O3/c1-15-3-5-18(6-4-15)27-14-17(13-19(27)28)21(30)26-11-7-16(8-12-26)20(29)25-22-23-9-2-10-24-22/h2-6,9-10,16-17H,7-8,11-14H2,1H3,(H,23,24,25,29)/t17-/m0/s1. The van der Waals surface area contributed by atoms with Crippen LogP contribution in [0, 0.1) is 18.8 Å². The fraction of sp³-hybridized carbons (Fsp3) is 0.409. The Labute approximate surface area is 175 Å². The first-order chi connectivity index (χ1) is 14.5. The molecular weight excluding hydrogens is 382 g/mol. The number of amides is 3. The molecule has 2 aliphatic heterocycles. The van der Waals surface area contributed by atoms with Gasteiger partial charge in [0.1, 0.15) is 0 Å². The van der Waals surface area contributed by atoms with Crippen LogP contribution in [-0.2, 0) is 14.4 Å². The Morgan fingerprint density at radius 2 is 1.70 bits per heavy atom. The molecule has 8 heteroatoms. The van der Waals surface area contributed by atoms with E-state index < -0.39 is 0 Å². The summed E-state index contributed by atoms with van der Waals surface area (Å²) in [5.74, 6) is -0.344. The molecule has 0 radical (unpaired) electrons. The molecule has 0 spiro atoms. The molecule has 0 saturated carbocycles. The quantitative estimate of drug-likeness (QED) is 0.837. The molecule has 0 unspecified atom stereocenters. The lowest BCUT2D eigenvalue weighted by molar-refractivity contribution is -0.138. The van der Waals surface area contributed by atoms with Gasteiger partial charge in [0.15, 0.2) is 0 Å². The van der Waals surface area contributed by atoms with Gasteiger partial charge in [-0.05, 0) is 38.0 Å². The van der Waals surface area contributed by atoms with Gasteiger partial charge in [0.25, 0.3) is 0 Å². The van der Waals surface area contributed by atoms with E-state index in [0.717, 1.165) is 11.3 Å². The summed E-state index contributed by atoms with van der Waals surface area (Å²) < 4.78 is 0. The lowest BCUT2D eigenvalue weighted by Gasteiger charge is -2.32. The first kappa shape index (κ1) is 20.0. The predicted octanol–water partition coefficient (Wildman–Crippen LogP) is 2.02. The van der Waals surface area contributed by atoms with Gasteiger partial charge in [-0.2, -0.15) is 0 Å². The van der Waals surface area contributed by atoms with Crippen LogP contribution in [0.1, 0.15) is 24.8 Å². The van der Waals surface area contributed by atoms with E-state index in [4.69, 9.17) is 0 Å². The van der Waals surface area contributed by atoms with Crippen molar-refractivity contribution in [2.45, 2.75) is 26.2 Å². The van der Waals surface area contributed by atoms with Crippen molar-refractivity contribution in [1.82, 2.24) is 14.9 Å². The average molecular weight is 407 g/mol. The van der Waals surface area contributed by atoms with Gasteiger partial charge in [0, 0.05) is 50.1 Å². The molecule has 1 N–H and O–H groups in total. The van der Waals surface area contributed by atoms with E-state index in [1.165, 1.54) is 0 Å². The van der Waals surface area contributed by atoms with Crippen LogP contribution < -0.4 is 10.2 Å². The van der Waals surface area contributed by atoms with Crippen LogP contribution in [0.25, 0.3) is 0 Å². The van der Waals surface area contributed by atoms with Crippen molar-refractivity contribution in [3.05, 3.63) is 48.3 Å². The molecule has 3 heterocycles. The Morgan fingerprint density at radius 1 is 1.03 bits per heavy atom. The van der Waals surface area contributed by atoms with Gasteiger partial charge in [0.2, 0.25) is 23.7 Å². The van der Waals surface area contributed by atoms with Crippen molar-refractivity contribution in [3.8, 4) is 0 Å². The predicted molar refractivity (Wildman–Crippen MR) is 112 cm³/mol. The highest BCUT2D eigenvalue weighted by atomic mass is 16.2. The van der Waals surface area contributed by atoms with Crippen LogP contribution >= 0.6 is 0 Å². The molecule has 30 heavy (non-hydrogen) atoms.